The molecule has 1 atom stereocenters. The Bertz CT molecular complexity index is 523. The smallest absolute Gasteiger partial charge is 0.226 e. The third-order valence-electron chi connectivity index (χ3n) is 4.70. The number of fused-ring (bicyclic) bond motifs is 1. The predicted molar refractivity (Wildman–Crippen MR) is 81.5 cm³/mol. The molecule has 1 saturated heterocycles. The number of ether oxygens (including phenoxy) is 2. The number of carbonyl (C=O) groups is 1. The molecule has 0 spiro atoms. The van der Waals surface area contributed by atoms with E-state index in [0.29, 0.717) is 26.4 Å². The molecule has 0 N–H and O–H groups in total. The van der Waals surface area contributed by atoms with E-state index in [1.54, 1.807) is 7.11 Å². The first-order chi connectivity index (χ1) is 10.7. The maximum absolute atomic E-state index is 12.8. The fraction of sp³-hybridized carbons (Fsp3) is 0.750. The molecule has 0 saturated carbocycles. The molecule has 0 aromatic carbocycles. The number of aromatic nitrogens is 2. The van der Waals surface area contributed by atoms with Crippen molar-refractivity contribution in [2.45, 2.75) is 38.8 Å². The van der Waals surface area contributed by atoms with Crippen molar-refractivity contribution in [2.75, 3.05) is 33.5 Å². The van der Waals surface area contributed by atoms with Gasteiger partial charge in [-0.2, -0.15) is 5.10 Å². The molecule has 6 nitrogen and oxygen atoms in total. The molecule has 22 heavy (non-hydrogen) atoms. The van der Waals surface area contributed by atoms with E-state index in [4.69, 9.17) is 9.47 Å². The van der Waals surface area contributed by atoms with Crippen molar-refractivity contribution in [3.8, 4) is 0 Å². The second-order valence-electron chi connectivity index (χ2n) is 6.13. The lowest BCUT2D eigenvalue weighted by molar-refractivity contribution is -0.140. The van der Waals surface area contributed by atoms with Gasteiger partial charge in [0.15, 0.2) is 0 Å². The summed E-state index contributed by atoms with van der Waals surface area (Å²) in [5.41, 5.74) is 2.40. The molecule has 2 aliphatic heterocycles. The third-order valence-corrected chi connectivity index (χ3v) is 4.70. The van der Waals surface area contributed by atoms with Crippen molar-refractivity contribution in [1.29, 1.82) is 0 Å². The summed E-state index contributed by atoms with van der Waals surface area (Å²) in [6.07, 6.45) is 3.58. The summed E-state index contributed by atoms with van der Waals surface area (Å²) in [4.78, 5) is 14.8. The van der Waals surface area contributed by atoms with Crippen molar-refractivity contribution in [2.24, 2.45) is 5.92 Å². The largest absolute Gasteiger partial charge is 0.384 e. The topological polar surface area (TPSA) is 56.6 Å². The average molecular weight is 307 g/mol. The van der Waals surface area contributed by atoms with Crippen LogP contribution in [0.25, 0.3) is 0 Å². The Hall–Kier alpha value is -1.40. The van der Waals surface area contributed by atoms with E-state index in [2.05, 4.69) is 12.0 Å². The maximum Gasteiger partial charge on any atom is 0.226 e. The first kappa shape index (κ1) is 15.5. The number of carbonyl (C=O) groups excluding carboxylic acids is 1. The van der Waals surface area contributed by atoms with Gasteiger partial charge in [-0.15, -0.1) is 0 Å². The van der Waals surface area contributed by atoms with Crippen LogP contribution < -0.4 is 0 Å². The van der Waals surface area contributed by atoms with Crippen molar-refractivity contribution in [3.05, 3.63) is 17.5 Å². The minimum Gasteiger partial charge on any atom is -0.384 e. The monoisotopic (exact) mass is 307 g/mol. The Morgan fingerprint density at radius 3 is 2.91 bits per heavy atom. The molecule has 6 heteroatoms. The minimum absolute atomic E-state index is 0.111. The van der Waals surface area contributed by atoms with Gasteiger partial charge in [0.2, 0.25) is 5.91 Å². The standard InChI is InChI=1S/C16H25N3O3/c1-3-19-15-13(8-17-19)9-18(10-14(15)11-21-2)16(20)12-4-6-22-7-5-12/h8,12,14H,3-7,9-11H2,1-2H3/t14-/m1/s1. The summed E-state index contributed by atoms with van der Waals surface area (Å²) in [7, 11) is 1.71. The van der Waals surface area contributed by atoms with Crippen molar-refractivity contribution in [3.63, 3.8) is 0 Å². The predicted octanol–water partition coefficient (Wildman–Crippen LogP) is 1.40. The van der Waals surface area contributed by atoms with E-state index in [1.165, 1.54) is 5.69 Å². The number of methoxy groups -OCH3 is 1. The molecule has 1 amide bonds. The number of rotatable bonds is 4. The summed E-state index contributed by atoms with van der Waals surface area (Å²) in [6, 6.07) is 0. The molecule has 0 unspecified atom stereocenters. The van der Waals surface area contributed by atoms with E-state index >= 15 is 0 Å². The minimum atomic E-state index is 0.111. The lowest BCUT2D eigenvalue weighted by Crippen LogP contribution is -2.44. The number of hydrogen-bond acceptors (Lipinski definition) is 4. The number of nitrogens with zero attached hydrogens (tertiary/aromatic N) is 3. The number of hydrogen-bond donors (Lipinski definition) is 0. The Labute approximate surface area is 131 Å². The lowest BCUT2D eigenvalue weighted by Gasteiger charge is -2.36. The molecule has 1 fully saturated rings. The van der Waals surface area contributed by atoms with E-state index in [-0.39, 0.29) is 17.7 Å². The van der Waals surface area contributed by atoms with Crippen LogP contribution in [0.2, 0.25) is 0 Å². The van der Waals surface area contributed by atoms with Gasteiger partial charge in [-0.25, -0.2) is 0 Å². The third kappa shape index (κ3) is 2.90. The van der Waals surface area contributed by atoms with Gasteiger partial charge in [0, 0.05) is 57.4 Å². The van der Waals surface area contributed by atoms with Gasteiger partial charge in [0.25, 0.3) is 0 Å². The van der Waals surface area contributed by atoms with Crippen LogP contribution >= 0.6 is 0 Å². The fourth-order valence-electron chi connectivity index (χ4n) is 3.61. The van der Waals surface area contributed by atoms with Crippen LogP contribution in [0.1, 0.15) is 36.9 Å². The lowest BCUT2D eigenvalue weighted by atomic mass is 9.93. The summed E-state index contributed by atoms with van der Waals surface area (Å²) in [6.45, 7) is 6.36. The SMILES string of the molecule is CCn1ncc2c1[C@@H](COC)CN(C(=O)C1CCOCC1)C2. The highest BCUT2D eigenvalue weighted by Crippen LogP contribution is 2.30. The number of amides is 1. The molecule has 1 aromatic heterocycles. The Balaban J connectivity index is 1.79. The normalized spacial score (nSPS) is 22.6. The Morgan fingerprint density at radius 1 is 1.45 bits per heavy atom. The Kier molecular flexibility index (Phi) is 4.78. The van der Waals surface area contributed by atoms with Gasteiger partial charge in [-0.1, -0.05) is 0 Å². The second kappa shape index (κ2) is 6.79. The average Bonchev–Trinajstić information content (AvgIpc) is 2.98. The van der Waals surface area contributed by atoms with Crippen LogP contribution in [0, 0.1) is 5.92 Å². The van der Waals surface area contributed by atoms with Gasteiger partial charge < -0.3 is 14.4 Å². The highest BCUT2D eigenvalue weighted by molar-refractivity contribution is 5.79. The number of aryl methyl sites for hydroxylation is 1. The van der Waals surface area contributed by atoms with Crippen LogP contribution in [0.15, 0.2) is 6.20 Å². The quantitative estimate of drug-likeness (QED) is 0.844. The van der Waals surface area contributed by atoms with E-state index in [0.717, 1.165) is 31.5 Å². The molecule has 1 aromatic rings. The van der Waals surface area contributed by atoms with Crippen LogP contribution in [0.5, 0.6) is 0 Å². The zero-order valence-corrected chi connectivity index (χ0v) is 13.5. The van der Waals surface area contributed by atoms with Gasteiger partial charge in [-0.05, 0) is 19.8 Å². The Morgan fingerprint density at radius 2 is 2.23 bits per heavy atom. The van der Waals surface area contributed by atoms with Gasteiger partial charge in [-0.3, -0.25) is 9.48 Å². The highest BCUT2D eigenvalue weighted by atomic mass is 16.5. The highest BCUT2D eigenvalue weighted by Gasteiger charge is 2.34. The van der Waals surface area contributed by atoms with Gasteiger partial charge in [0.05, 0.1) is 18.5 Å². The molecule has 2 aliphatic rings. The van der Waals surface area contributed by atoms with Crippen molar-refractivity contribution < 1.29 is 14.3 Å². The zero-order valence-electron chi connectivity index (χ0n) is 13.5. The first-order valence-corrected chi connectivity index (χ1v) is 8.14. The summed E-state index contributed by atoms with van der Waals surface area (Å²) < 4.78 is 12.8. The van der Waals surface area contributed by atoms with E-state index < -0.39 is 0 Å². The molecule has 122 valence electrons. The molecule has 0 bridgehead atoms. The molecule has 0 radical (unpaired) electrons. The molecular weight excluding hydrogens is 282 g/mol. The summed E-state index contributed by atoms with van der Waals surface area (Å²) in [5, 5.41) is 4.46. The molecule has 0 aliphatic carbocycles. The molecule has 3 rings (SSSR count). The van der Waals surface area contributed by atoms with Crippen LogP contribution in [0.3, 0.4) is 0 Å². The van der Waals surface area contributed by atoms with Crippen LogP contribution in [-0.4, -0.2) is 54.1 Å². The van der Waals surface area contributed by atoms with E-state index in [1.807, 2.05) is 15.8 Å². The first-order valence-electron chi connectivity index (χ1n) is 8.14. The summed E-state index contributed by atoms with van der Waals surface area (Å²) in [5.74, 6) is 0.582. The van der Waals surface area contributed by atoms with Crippen molar-refractivity contribution >= 4 is 5.91 Å². The fourth-order valence-corrected chi connectivity index (χ4v) is 3.61. The van der Waals surface area contributed by atoms with Crippen LogP contribution in [0.4, 0.5) is 0 Å². The summed E-state index contributed by atoms with van der Waals surface area (Å²) >= 11 is 0. The van der Waals surface area contributed by atoms with E-state index in [9.17, 15) is 4.79 Å². The van der Waals surface area contributed by atoms with Crippen LogP contribution in [-0.2, 0) is 27.4 Å². The molecule has 3 heterocycles. The second-order valence-corrected chi connectivity index (χ2v) is 6.13. The van der Waals surface area contributed by atoms with Gasteiger partial charge >= 0.3 is 0 Å². The van der Waals surface area contributed by atoms with Crippen molar-refractivity contribution in [1.82, 2.24) is 14.7 Å². The maximum atomic E-state index is 12.8. The molecular formula is C16H25N3O3. The zero-order chi connectivity index (χ0) is 15.5. The van der Waals surface area contributed by atoms with Gasteiger partial charge in [0.1, 0.15) is 0 Å².